The third kappa shape index (κ3) is 5.04. The van der Waals surface area contributed by atoms with Crippen LogP contribution < -0.4 is 0 Å². The van der Waals surface area contributed by atoms with E-state index in [0.29, 0.717) is 5.92 Å². The zero-order chi connectivity index (χ0) is 12.7. The lowest BCUT2D eigenvalue weighted by atomic mass is 9.98. The maximum atomic E-state index is 11.2. The summed E-state index contributed by atoms with van der Waals surface area (Å²) in [6, 6.07) is -0.321. The first-order valence-corrected chi connectivity index (χ1v) is 6.66. The maximum absolute atomic E-state index is 11.2. The molecule has 4 heteroatoms. The highest BCUT2D eigenvalue weighted by Gasteiger charge is 2.25. The Morgan fingerprint density at radius 1 is 1.47 bits per heavy atom. The molecule has 1 fully saturated rings. The highest BCUT2D eigenvalue weighted by Crippen LogP contribution is 2.18. The van der Waals surface area contributed by atoms with Gasteiger partial charge in [-0.25, -0.2) is 0 Å². The number of hydrogen-bond donors (Lipinski definition) is 1. The van der Waals surface area contributed by atoms with Crippen LogP contribution in [0.4, 0.5) is 0 Å². The van der Waals surface area contributed by atoms with Crippen LogP contribution in [-0.4, -0.2) is 48.8 Å². The van der Waals surface area contributed by atoms with Gasteiger partial charge < -0.3 is 9.84 Å². The smallest absolute Gasteiger partial charge is 0.320 e. The molecule has 17 heavy (non-hydrogen) atoms. The summed E-state index contributed by atoms with van der Waals surface area (Å²) in [6.45, 7) is 4.62. The zero-order valence-corrected chi connectivity index (χ0v) is 11.0. The van der Waals surface area contributed by atoms with Gasteiger partial charge >= 0.3 is 5.97 Å². The topological polar surface area (TPSA) is 49.8 Å². The van der Waals surface area contributed by atoms with Crippen LogP contribution in [0.2, 0.25) is 0 Å². The maximum Gasteiger partial charge on any atom is 0.320 e. The molecule has 0 aromatic heterocycles. The molecule has 1 rings (SSSR count). The second kappa shape index (κ2) is 7.67. The minimum atomic E-state index is -0.687. The van der Waals surface area contributed by atoms with Crippen molar-refractivity contribution in [3.05, 3.63) is 0 Å². The largest absolute Gasteiger partial charge is 0.480 e. The summed E-state index contributed by atoms with van der Waals surface area (Å²) < 4.78 is 5.32. The van der Waals surface area contributed by atoms with Crippen molar-refractivity contribution in [2.45, 2.75) is 45.1 Å². The molecular formula is C13H25NO3. The number of unbranched alkanes of at least 4 members (excludes halogenated alkanes) is 1. The van der Waals surface area contributed by atoms with Crippen LogP contribution in [0.15, 0.2) is 0 Å². The summed E-state index contributed by atoms with van der Waals surface area (Å²) in [6.07, 6.45) is 4.91. The molecule has 4 nitrogen and oxygen atoms in total. The van der Waals surface area contributed by atoms with Gasteiger partial charge in [-0.05, 0) is 32.2 Å². The quantitative estimate of drug-likeness (QED) is 0.743. The predicted octanol–water partition coefficient (Wildman–Crippen LogP) is 1.99. The highest BCUT2D eigenvalue weighted by molar-refractivity contribution is 5.73. The molecule has 1 aliphatic heterocycles. The lowest BCUT2D eigenvalue weighted by Gasteiger charge is -2.30. The highest BCUT2D eigenvalue weighted by atomic mass is 16.5. The lowest BCUT2D eigenvalue weighted by Crippen LogP contribution is -2.42. The normalized spacial score (nSPS) is 19.5. The molecule has 1 atom stereocenters. The van der Waals surface area contributed by atoms with Crippen LogP contribution in [0.5, 0.6) is 0 Å². The van der Waals surface area contributed by atoms with Crippen LogP contribution in [0.25, 0.3) is 0 Å². The lowest BCUT2D eigenvalue weighted by molar-refractivity contribution is -0.143. The van der Waals surface area contributed by atoms with Crippen molar-refractivity contribution >= 4 is 5.97 Å². The van der Waals surface area contributed by atoms with Crippen molar-refractivity contribution < 1.29 is 14.6 Å². The first-order valence-electron chi connectivity index (χ1n) is 6.66. The molecule has 100 valence electrons. The predicted molar refractivity (Wildman–Crippen MR) is 67.1 cm³/mol. The van der Waals surface area contributed by atoms with Gasteiger partial charge in [-0.2, -0.15) is 0 Å². The molecule has 1 heterocycles. The van der Waals surface area contributed by atoms with Gasteiger partial charge in [-0.15, -0.1) is 0 Å². The molecule has 0 aromatic rings. The molecule has 0 radical (unpaired) electrons. The molecule has 0 saturated carbocycles. The Balaban J connectivity index is 2.40. The van der Waals surface area contributed by atoms with E-state index in [1.165, 1.54) is 0 Å². The fourth-order valence-corrected chi connectivity index (χ4v) is 2.39. The van der Waals surface area contributed by atoms with Crippen molar-refractivity contribution in [3.8, 4) is 0 Å². The first kappa shape index (κ1) is 14.5. The Bertz CT molecular complexity index is 227. The van der Waals surface area contributed by atoms with E-state index in [2.05, 4.69) is 6.92 Å². The Morgan fingerprint density at radius 3 is 2.65 bits per heavy atom. The van der Waals surface area contributed by atoms with Crippen LogP contribution in [0.1, 0.15) is 39.0 Å². The van der Waals surface area contributed by atoms with Crippen molar-refractivity contribution in [1.29, 1.82) is 0 Å². The van der Waals surface area contributed by atoms with Crippen molar-refractivity contribution in [1.82, 2.24) is 4.90 Å². The van der Waals surface area contributed by atoms with Gasteiger partial charge in [-0.1, -0.05) is 19.8 Å². The molecule has 0 aliphatic carbocycles. The summed E-state index contributed by atoms with van der Waals surface area (Å²) in [5.41, 5.74) is 0. The van der Waals surface area contributed by atoms with E-state index in [1.807, 2.05) is 11.9 Å². The van der Waals surface area contributed by atoms with Crippen LogP contribution in [-0.2, 0) is 9.53 Å². The van der Waals surface area contributed by atoms with E-state index >= 15 is 0 Å². The van der Waals surface area contributed by atoms with Gasteiger partial charge in [0.15, 0.2) is 0 Å². The fraction of sp³-hybridized carbons (Fsp3) is 0.923. The van der Waals surface area contributed by atoms with Gasteiger partial charge in [0.1, 0.15) is 6.04 Å². The Labute approximate surface area is 104 Å². The Morgan fingerprint density at radius 2 is 2.12 bits per heavy atom. The van der Waals surface area contributed by atoms with Crippen LogP contribution in [0, 0.1) is 5.92 Å². The average molecular weight is 243 g/mol. The number of carboxylic acid groups (broad SMARTS) is 1. The average Bonchev–Trinajstić information content (AvgIpc) is 2.30. The van der Waals surface area contributed by atoms with E-state index in [1.54, 1.807) is 0 Å². The standard InChI is InChI=1S/C13H25NO3/c1-3-4-5-12(13(15)16)14(2)10-11-6-8-17-9-7-11/h11-12H,3-10H2,1-2H3,(H,15,16). The fourth-order valence-electron chi connectivity index (χ4n) is 2.39. The number of likely N-dealkylation sites (N-methyl/N-ethyl adjacent to an activating group) is 1. The van der Waals surface area contributed by atoms with E-state index in [0.717, 1.165) is 51.9 Å². The number of rotatable bonds is 7. The third-order valence-corrected chi connectivity index (χ3v) is 3.54. The molecule has 0 aromatic carbocycles. The molecule has 0 spiro atoms. The monoisotopic (exact) mass is 243 g/mol. The van der Waals surface area contributed by atoms with E-state index in [4.69, 9.17) is 4.74 Å². The number of carbonyl (C=O) groups is 1. The molecule has 1 unspecified atom stereocenters. The summed E-state index contributed by atoms with van der Waals surface area (Å²) in [7, 11) is 1.93. The number of carboxylic acids is 1. The van der Waals surface area contributed by atoms with Crippen molar-refractivity contribution in [2.75, 3.05) is 26.8 Å². The molecule has 1 saturated heterocycles. The summed E-state index contributed by atoms with van der Waals surface area (Å²) >= 11 is 0. The Kier molecular flexibility index (Phi) is 6.52. The van der Waals surface area contributed by atoms with Gasteiger partial charge in [0.2, 0.25) is 0 Å². The van der Waals surface area contributed by atoms with Gasteiger partial charge in [0, 0.05) is 19.8 Å². The number of nitrogens with zero attached hydrogens (tertiary/aromatic N) is 1. The number of ether oxygens (including phenoxy) is 1. The zero-order valence-electron chi connectivity index (χ0n) is 11.0. The summed E-state index contributed by atoms with van der Waals surface area (Å²) in [5.74, 6) is -0.0924. The molecular weight excluding hydrogens is 218 g/mol. The van der Waals surface area contributed by atoms with Crippen LogP contribution >= 0.6 is 0 Å². The van der Waals surface area contributed by atoms with Crippen molar-refractivity contribution in [2.24, 2.45) is 5.92 Å². The van der Waals surface area contributed by atoms with E-state index in [9.17, 15) is 9.90 Å². The summed E-state index contributed by atoms with van der Waals surface area (Å²) in [4.78, 5) is 13.2. The number of hydrogen-bond acceptors (Lipinski definition) is 3. The van der Waals surface area contributed by atoms with Crippen molar-refractivity contribution in [3.63, 3.8) is 0 Å². The minimum Gasteiger partial charge on any atom is -0.480 e. The molecule has 0 amide bonds. The van der Waals surface area contributed by atoms with E-state index < -0.39 is 5.97 Å². The summed E-state index contributed by atoms with van der Waals surface area (Å²) in [5, 5.41) is 9.23. The van der Waals surface area contributed by atoms with Gasteiger partial charge in [-0.3, -0.25) is 9.69 Å². The van der Waals surface area contributed by atoms with Crippen LogP contribution in [0.3, 0.4) is 0 Å². The second-order valence-corrected chi connectivity index (χ2v) is 4.99. The SMILES string of the molecule is CCCCC(C(=O)O)N(C)CC1CCOCC1. The minimum absolute atomic E-state index is 0.321. The second-order valence-electron chi connectivity index (χ2n) is 4.99. The van der Waals surface area contributed by atoms with Gasteiger partial charge in [0.05, 0.1) is 0 Å². The van der Waals surface area contributed by atoms with Gasteiger partial charge in [0.25, 0.3) is 0 Å². The molecule has 1 N–H and O–H groups in total. The third-order valence-electron chi connectivity index (χ3n) is 3.54. The van der Waals surface area contributed by atoms with E-state index in [-0.39, 0.29) is 6.04 Å². The first-order chi connectivity index (χ1) is 8.15. The number of aliphatic carboxylic acids is 1. The molecule has 0 bridgehead atoms. The Hall–Kier alpha value is -0.610. The molecule has 1 aliphatic rings.